The number of nitrogens with zero attached hydrogens (tertiary/aromatic N) is 1. The molecule has 0 aliphatic heterocycles. The van der Waals surface area contributed by atoms with E-state index in [9.17, 15) is 9.59 Å². The van der Waals surface area contributed by atoms with Crippen molar-refractivity contribution >= 4 is 41.4 Å². The van der Waals surface area contributed by atoms with Gasteiger partial charge in [-0.3, -0.25) is 9.59 Å². The first-order chi connectivity index (χ1) is 16.6. The molecule has 0 aromatic heterocycles. The van der Waals surface area contributed by atoms with Crippen LogP contribution in [0.5, 0.6) is 5.75 Å². The molecule has 2 amide bonds. The highest BCUT2D eigenvalue weighted by molar-refractivity contribution is 7.99. The van der Waals surface area contributed by atoms with Crippen LogP contribution in [-0.4, -0.2) is 36.9 Å². The summed E-state index contributed by atoms with van der Waals surface area (Å²) in [5.74, 6) is 1.23. The van der Waals surface area contributed by atoms with Crippen LogP contribution in [0, 0.1) is 0 Å². The Hall–Kier alpha value is -3.29. The summed E-state index contributed by atoms with van der Waals surface area (Å²) in [7, 11) is 0. The van der Waals surface area contributed by atoms with Gasteiger partial charge in [0.2, 0.25) is 5.91 Å². The standard InChI is InChI=1S/C26H26ClN3O3S/c27-23-8-4-7-22(15-23)18-34-19-26(32)30-29-16-21-9-11-24(12-10-21)33-17-25(31)28-14-13-20-5-2-1-3-6-20/h1-12,15-16H,13-14,17-19H2,(H,28,31)(H,30,32)/b29-16-. The molecular formula is C26H26ClN3O3S. The summed E-state index contributed by atoms with van der Waals surface area (Å²) in [4.78, 5) is 23.9. The van der Waals surface area contributed by atoms with Crippen LogP contribution in [0.2, 0.25) is 5.02 Å². The molecule has 3 rings (SSSR count). The topological polar surface area (TPSA) is 79.8 Å². The van der Waals surface area contributed by atoms with E-state index in [0.29, 0.717) is 28.8 Å². The van der Waals surface area contributed by atoms with E-state index in [4.69, 9.17) is 16.3 Å². The minimum Gasteiger partial charge on any atom is -0.484 e. The molecule has 34 heavy (non-hydrogen) atoms. The molecule has 0 radical (unpaired) electrons. The van der Waals surface area contributed by atoms with E-state index in [1.165, 1.54) is 17.3 Å². The number of hydrazone groups is 1. The maximum absolute atomic E-state index is 11.9. The Bertz CT molecular complexity index is 1090. The molecule has 0 saturated carbocycles. The van der Waals surface area contributed by atoms with Crippen LogP contribution in [0.3, 0.4) is 0 Å². The molecule has 0 atom stereocenters. The number of thioether (sulfide) groups is 1. The van der Waals surface area contributed by atoms with Gasteiger partial charge in [0, 0.05) is 17.3 Å². The average molecular weight is 496 g/mol. The first-order valence-electron chi connectivity index (χ1n) is 10.8. The van der Waals surface area contributed by atoms with E-state index in [1.807, 2.05) is 54.6 Å². The molecule has 0 unspecified atom stereocenters. The second-order valence-corrected chi connectivity index (χ2v) is 8.78. The van der Waals surface area contributed by atoms with E-state index < -0.39 is 0 Å². The fourth-order valence-corrected chi connectivity index (χ4v) is 3.92. The number of halogens is 1. The molecule has 0 bridgehead atoms. The van der Waals surface area contributed by atoms with Gasteiger partial charge >= 0.3 is 0 Å². The molecular weight excluding hydrogens is 470 g/mol. The molecule has 6 nitrogen and oxygen atoms in total. The number of ether oxygens (including phenoxy) is 1. The van der Waals surface area contributed by atoms with Crippen molar-refractivity contribution in [3.05, 3.63) is 101 Å². The van der Waals surface area contributed by atoms with Crippen LogP contribution in [-0.2, 0) is 21.8 Å². The van der Waals surface area contributed by atoms with Gasteiger partial charge in [-0.2, -0.15) is 5.10 Å². The van der Waals surface area contributed by atoms with Crippen molar-refractivity contribution in [1.82, 2.24) is 10.7 Å². The highest BCUT2D eigenvalue weighted by Crippen LogP contribution is 2.16. The zero-order valence-electron chi connectivity index (χ0n) is 18.6. The molecule has 3 aromatic rings. The second kappa shape index (κ2) is 14.1. The van der Waals surface area contributed by atoms with Gasteiger partial charge < -0.3 is 10.1 Å². The van der Waals surface area contributed by atoms with Gasteiger partial charge in [-0.1, -0.05) is 54.1 Å². The summed E-state index contributed by atoms with van der Waals surface area (Å²) in [5, 5.41) is 7.51. The first-order valence-corrected chi connectivity index (χ1v) is 12.3. The number of benzene rings is 3. The van der Waals surface area contributed by atoms with Gasteiger partial charge in [0.25, 0.3) is 5.91 Å². The monoisotopic (exact) mass is 495 g/mol. The third-order valence-electron chi connectivity index (χ3n) is 4.62. The van der Waals surface area contributed by atoms with E-state index in [2.05, 4.69) is 15.8 Å². The van der Waals surface area contributed by atoms with Crippen LogP contribution in [0.1, 0.15) is 16.7 Å². The quantitative estimate of drug-likeness (QED) is 0.287. The SMILES string of the molecule is O=C(COc1ccc(/C=N\NC(=O)CSCc2cccc(Cl)c2)cc1)NCCc1ccccc1. The lowest BCUT2D eigenvalue weighted by atomic mass is 10.1. The molecule has 0 fully saturated rings. The largest absolute Gasteiger partial charge is 0.484 e. The molecule has 176 valence electrons. The minimum atomic E-state index is -0.179. The lowest BCUT2D eigenvalue weighted by molar-refractivity contribution is -0.123. The van der Waals surface area contributed by atoms with Crippen molar-refractivity contribution in [2.75, 3.05) is 18.9 Å². The van der Waals surface area contributed by atoms with Crippen LogP contribution >= 0.6 is 23.4 Å². The summed E-state index contributed by atoms with van der Waals surface area (Å²) in [6.45, 7) is 0.511. The fourth-order valence-electron chi connectivity index (χ4n) is 2.94. The Kier molecular flexibility index (Phi) is 10.5. The van der Waals surface area contributed by atoms with Crippen LogP contribution < -0.4 is 15.5 Å². The summed E-state index contributed by atoms with van der Waals surface area (Å²) in [6, 6.07) is 24.6. The maximum Gasteiger partial charge on any atom is 0.257 e. The van der Waals surface area contributed by atoms with Crippen LogP contribution in [0.25, 0.3) is 0 Å². The van der Waals surface area contributed by atoms with Crippen molar-refractivity contribution in [2.45, 2.75) is 12.2 Å². The normalized spacial score (nSPS) is 10.7. The van der Waals surface area contributed by atoms with Gasteiger partial charge in [0.1, 0.15) is 5.75 Å². The van der Waals surface area contributed by atoms with Crippen molar-refractivity contribution in [2.24, 2.45) is 5.10 Å². The molecule has 8 heteroatoms. The molecule has 0 aliphatic rings. The van der Waals surface area contributed by atoms with Crippen molar-refractivity contribution in [1.29, 1.82) is 0 Å². The summed E-state index contributed by atoms with van der Waals surface area (Å²) in [5.41, 5.74) is 5.56. The summed E-state index contributed by atoms with van der Waals surface area (Å²) >= 11 is 7.45. The Morgan fingerprint density at radius 2 is 1.71 bits per heavy atom. The number of carbonyl (C=O) groups is 2. The third-order valence-corrected chi connectivity index (χ3v) is 5.86. The number of nitrogens with one attached hydrogen (secondary N) is 2. The van der Waals surface area contributed by atoms with Gasteiger partial charge in [0.05, 0.1) is 12.0 Å². The summed E-state index contributed by atoms with van der Waals surface area (Å²) < 4.78 is 5.52. The highest BCUT2D eigenvalue weighted by atomic mass is 35.5. The molecule has 0 saturated heterocycles. The number of hydrogen-bond acceptors (Lipinski definition) is 5. The molecule has 0 aliphatic carbocycles. The summed E-state index contributed by atoms with van der Waals surface area (Å²) in [6.07, 6.45) is 2.33. The predicted octanol–water partition coefficient (Wildman–Crippen LogP) is 4.46. The van der Waals surface area contributed by atoms with Crippen molar-refractivity contribution in [3.8, 4) is 5.75 Å². The van der Waals surface area contributed by atoms with E-state index in [1.54, 1.807) is 30.5 Å². The lowest BCUT2D eigenvalue weighted by Crippen LogP contribution is -2.30. The van der Waals surface area contributed by atoms with Gasteiger partial charge in [-0.15, -0.1) is 11.8 Å². The molecule has 2 N–H and O–H groups in total. The third kappa shape index (κ3) is 9.68. The Morgan fingerprint density at radius 1 is 0.941 bits per heavy atom. The zero-order chi connectivity index (χ0) is 24.0. The highest BCUT2D eigenvalue weighted by Gasteiger charge is 2.04. The zero-order valence-corrected chi connectivity index (χ0v) is 20.1. The van der Waals surface area contributed by atoms with E-state index >= 15 is 0 Å². The number of carbonyl (C=O) groups excluding carboxylic acids is 2. The van der Waals surface area contributed by atoms with Crippen LogP contribution in [0.15, 0.2) is 84.0 Å². The van der Waals surface area contributed by atoms with E-state index in [-0.39, 0.29) is 18.4 Å². The first kappa shape index (κ1) is 25.3. The Morgan fingerprint density at radius 3 is 2.47 bits per heavy atom. The minimum absolute atomic E-state index is 0.0505. The lowest BCUT2D eigenvalue weighted by Gasteiger charge is -2.08. The second-order valence-electron chi connectivity index (χ2n) is 7.36. The Labute approximate surface area is 208 Å². The van der Waals surface area contributed by atoms with Crippen molar-refractivity contribution < 1.29 is 14.3 Å². The fraction of sp³-hybridized carbons (Fsp3) is 0.192. The number of rotatable bonds is 12. The average Bonchev–Trinajstić information content (AvgIpc) is 2.84. The molecule has 0 spiro atoms. The molecule has 3 aromatic carbocycles. The van der Waals surface area contributed by atoms with E-state index in [0.717, 1.165) is 17.5 Å². The number of amides is 2. The smallest absolute Gasteiger partial charge is 0.257 e. The van der Waals surface area contributed by atoms with Gasteiger partial charge in [0.15, 0.2) is 6.61 Å². The van der Waals surface area contributed by atoms with Gasteiger partial charge in [-0.05, 0) is 59.5 Å². The van der Waals surface area contributed by atoms with Crippen molar-refractivity contribution in [3.63, 3.8) is 0 Å². The Balaban J connectivity index is 1.30. The molecule has 0 heterocycles. The van der Waals surface area contributed by atoms with Crippen LogP contribution in [0.4, 0.5) is 0 Å². The predicted molar refractivity (Wildman–Crippen MR) is 138 cm³/mol. The van der Waals surface area contributed by atoms with Gasteiger partial charge in [-0.25, -0.2) is 5.43 Å². The number of hydrogen-bond donors (Lipinski definition) is 2. The maximum atomic E-state index is 11.9.